The van der Waals surface area contributed by atoms with Gasteiger partial charge in [-0.05, 0) is 17.6 Å². The molecular formula is C11H19N3OS. The average Bonchev–Trinajstić information content (AvgIpc) is 2.71. The molecule has 1 atom stereocenters. The van der Waals surface area contributed by atoms with Crippen LogP contribution in [0.15, 0.2) is 4.52 Å². The van der Waals surface area contributed by atoms with Gasteiger partial charge in [-0.1, -0.05) is 25.9 Å². The van der Waals surface area contributed by atoms with E-state index in [2.05, 4.69) is 24.0 Å². The van der Waals surface area contributed by atoms with Crippen molar-refractivity contribution < 1.29 is 4.52 Å². The second kappa shape index (κ2) is 4.04. The molecule has 0 aliphatic carbocycles. The summed E-state index contributed by atoms with van der Waals surface area (Å²) < 4.78 is 5.18. The van der Waals surface area contributed by atoms with E-state index in [1.54, 1.807) is 0 Å². The lowest BCUT2D eigenvalue weighted by atomic mass is 9.71. The van der Waals surface area contributed by atoms with E-state index < -0.39 is 5.54 Å². The van der Waals surface area contributed by atoms with Crippen molar-refractivity contribution in [2.45, 2.75) is 39.2 Å². The predicted octanol–water partition coefficient (Wildman–Crippen LogP) is 1.95. The Labute approximate surface area is 100 Å². The highest BCUT2D eigenvalue weighted by Crippen LogP contribution is 2.45. The molecule has 1 fully saturated rings. The summed E-state index contributed by atoms with van der Waals surface area (Å²) in [5.41, 5.74) is 6.08. The van der Waals surface area contributed by atoms with Gasteiger partial charge in [-0.2, -0.15) is 16.7 Å². The highest BCUT2D eigenvalue weighted by Gasteiger charge is 2.48. The Kier molecular flexibility index (Phi) is 3.01. The summed E-state index contributed by atoms with van der Waals surface area (Å²) >= 11 is 1.87. The largest absolute Gasteiger partial charge is 0.339 e. The van der Waals surface area contributed by atoms with Crippen molar-refractivity contribution in [3.8, 4) is 0 Å². The van der Waals surface area contributed by atoms with Gasteiger partial charge in [0.2, 0.25) is 5.89 Å². The zero-order chi connectivity index (χ0) is 11.8. The molecule has 0 spiro atoms. The number of thioether (sulfide) groups is 1. The maximum atomic E-state index is 6.52. The van der Waals surface area contributed by atoms with Crippen molar-refractivity contribution in [2.75, 3.05) is 11.5 Å². The maximum absolute atomic E-state index is 6.52. The van der Waals surface area contributed by atoms with Crippen molar-refractivity contribution in [3.05, 3.63) is 11.7 Å². The monoisotopic (exact) mass is 241 g/mol. The molecule has 1 aromatic heterocycles. The van der Waals surface area contributed by atoms with Crippen LogP contribution in [0.25, 0.3) is 0 Å². The van der Waals surface area contributed by atoms with Gasteiger partial charge >= 0.3 is 0 Å². The van der Waals surface area contributed by atoms with E-state index >= 15 is 0 Å². The SMILES string of the molecule is CCc1nc(C2(N)CSCCC2(C)C)no1. The fourth-order valence-corrected chi connectivity index (χ4v) is 3.57. The first-order chi connectivity index (χ1) is 7.49. The molecule has 2 heterocycles. The Balaban J connectivity index is 2.35. The van der Waals surface area contributed by atoms with Crippen LogP contribution >= 0.6 is 11.8 Å². The van der Waals surface area contributed by atoms with Gasteiger partial charge in [-0.15, -0.1) is 0 Å². The number of hydrogen-bond donors (Lipinski definition) is 1. The van der Waals surface area contributed by atoms with E-state index in [1.807, 2.05) is 18.7 Å². The molecule has 1 saturated heterocycles. The summed E-state index contributed by atoms with van der Waals surface area (Å²) in [5.74, 6) is 3.36. The summed E-state index contributed by atoms with van der Waals surface area (Å²) in [5, 5.41) is 4.05. The van der Waals surface area contributed by atoms with Gasteiger partial charge < -0.3 is 10.3 Å². The van der Waals surface area contributed by atoms with Crippen molar-refractivity contribution >= 4 is 11.8 Å². The van der Waals surface area contributed by atoms with Crippen LogP contribution in [-0.4, -0.2) is 21.6 Å². The predicted molar refractivity (Wildman–Crippen MR) is 65.3 cm³/mol. The minimum absolute atomic E-state index is 0.0210. The second-order valence-corrected chi connectivity index (χ2v) is 6.13. The smallest absolute Gasteiger partial charge is 0.226 e. The van der Waals surface area contributed by atoms with Crippen molar-refractivity contribution in [1.82, 2.24) is 10.1 Å². The van der Waals surface area contributed by atoms with Crippen LogP contribution in [0, 0.1) is 5.41 Å². The Morgan fingerprint density at radius 1 is 1.50 bits per heavy atom. The highest BCUT2D eigenvalue weighted by molar-refractivity contribution is 7.99. The molecule has 0 amide bonds. The standard InChI is InChI=1S/C11H19N3OS/c1-4-8-13-9(14-15-8)11(12)7-16-6-5-10(11,2)3/h4-7,12H2,1-3H3. The van der Waals surface area contributed by atoms with Gasteiger partial charge in [-0.3, -0.25) is 0 Å². The van der Waals surface area contributed by atoms with Gasteiger partial charge in [0, 0.05) is 12.2 Å². The normalized spacial score (nSPS) is 29.2. The molecule has 2 rings (SSSR count). The fraction of sp³-hybridized carbons (Fsp3) is 0.818. The number of aryl methyl sites for hydroxylation is 1. The summed E-state index contributed by atoms with van der Waals surface area (Å²) in [6, 6.07) is 0. The average molecular weight is 241 g/mol. The zero-order valence-corrected chi connectivity index (χ0v) is 10.9. The fourth-order valence-electron chi connectivity index (χ4n) is 1.93. The molecule has 1 aliphatic rings. The Hall–Kier alpha value is -0.550. The summed E-state index contributed by atoms with van der Waals surface area (Å²) in [7, 11) is 0. The van der Waals surface area contributed by atoms with Crippen LogP contribution in [0.5, 0.6) is 0 Å². The van der Waals surface area contributed by atoms with Gasteiger partial charge in [-0.25, -0.2) is 0 Å². The molecule has 1 aliphatic heterocycles. The van der Waals surface area contributed by atoms with Crippen LogP contribution in [-0.2, 0) is 12.0 Å². The lowest BCUT2D eigenvalue weighted by Crippen LogP contribution is -2.55. The van der Waals surface area contributed by atoms with Crippen LogP contribution in [0.3, 0.4) is 0 Å². The first-order valence-electron chi connectivity index (χ1n) is 5.69. The quantitative estimate of drug-likeness (QED) is 0.857. The first-order valence-corrected chi connectivity index (χ1v) is 6.85. The van der Waals surface area contributed by atoms with Crippen molar-refractivity contribution in [2.24, 2.45) is 11.1 Å². The van der Waals surface area contributed by atoms with E-state index in [4.69, 9.17) is 10.3 Å². The second-order valence-electron chi connectivity index (χ2n) is 5.02. The van der Waals surface area contributed by atoms with Crippen LogP contribution in [0.4, 0.5) is 0 Å². The molecule has 0 aromatic carbocycles. The first kappa shape index (κ1) is 11.9. The molecule has 0 saturated carbocycles. The summed E-state index contributed by atoms with van der Waals surface area (Å²) in [6.07, 6.45) is 1.85. The molecular weight excluding hydrogens is 222 g/mol. The van der Waals surface area contributed by atoms with Crippen molar-refractivity contribution in [1.29, 1.82) is 0 Å². The number of aromatic nitrogens is 2. The van der Waals surface area contributed by atoms with E-state index in [-0.39, 0.29) is 5.41 Å². The van der Waals surface area contributed by atoms with Gasteiger partial charge in [0.25, 0.3) is 0 Å². The zero-order valence-electron chi connectivity index (χ0n) is 10.1. The van der Waals surface area contributed by atoms with E-state index in [0.717, 1.165) is 24.3 Å². The number of nitrogens with two attached hydrogens (primary N) is 1. The third-order valence-electron chi connectivity index (χ3n) is 3.58. The van der Waals surface area contributed by atoms with E-state index in [9.17, 15) is 0 Å². The third kappa shape index (κ3) is 1.76. The molecule has 1 aromatic rings. The lowest BCUT2D eigenvalue weighted by Gasteiger charge is -2.45. The molecule has 90 valence electrons. The van der Waals surface area contributed by atoms with Crippen LogP contribution in [0.1, 0.15) is 38.9 Å². The topological polar surface area (TPSA) is 64.9 Å². The van der Waals surface area contributed by atoms with Gasteiger partial charge in [0.1, 0.15) is 0 Å². The summed E-state index contributed by atoms with van der Waals surface area (Å²) in [6.45, 7) is 6.38. The number of nitrogens with zero attached hydrogens (tertiary/aromatic N) is 2. The van der Waals surface area contributed by atoms with Gasteiger partial charge in [0.05, 0.1) is 5.54 Å². The van der Waals surface area contributed by atoms with Crippen molar-refractivity contribution in [3.63, 3.8) is 0 Å². The Morgan fingerprint density at radius 2 is 2.25 bits per heavy atom. The third-order valence-corrected chi connectivity index (χ3v) is 4.73. The molecule has 1 unspecified atom stereocenters. The Bertz CT molecular complexity index is 377. The van der Waals surface area contributed by atoms with E-state index in [1.165, 1.54) is 0 Å². The molecule has 16 heavy (non-hydrogen) atoms. The van der Waals surface area contributed by atoms with Crippen LogP contribution in [0.2, 0.25) is 0 Å². The minimum Gasteiger partial charge on any atom is -0.339 e. The minimum atomic E-state index is -0.465. The number of rotatable bonds is 2. The molecule has 2 N–H and O–H groups in total. The van der Waals surface area contributed by atoms with Gasteiger partial charge in [0.15, 0.2) is 5.82 Å². The molecule has 5 heteroatoms. The van der Waals surface area contributed by atoms with E-state index in [0.29, 0.717) is 11.7 Å². The highest BCUT2D eigenvalue weighted by atomic mass is 32.2. The van der Waals surface area contributed by atoms with Crippen LogP contribution < -0.4 is 5.73 Å². The lowest BCUT2D eigenvalue weighted by molar-refractivity contribution is 0.161. The molecule has 0 radical (unpaired) electrons. The number of hydrogen-bond acceptors (Lipinski definition) is 5. The Morgan fingerprint density at radius 3 is 2.81 bits per heavy atom. The molecule has 0 bridgehead atoms. The summed E-state index contributed by atoms with van der Waals surface area (Å²) in [4.78, 5) is 4.40. The molecule has 4 nitrogen and oxygen atoms in total. The maximum Gasteiger partial charge on any atom is 0.226 e.